The maximum absolute atomic E-state index is 14.5. The topological polar surface area (TPSA) is 49.8 Å². The Hall–Kier alpha value is -2.47. The Morgan fingerprint density at radius 1 is 1.23 bits per heavy atom. The van der Waals surface area contributed by atoms with Crippen molar-refractivity contribution >= 4 is 5.97 Å². The molecule has 138 valence electrons. The highest BCUT2D eigenvalue weighted by Crippen LogP contribution is 2.34. The van der Waals surface area contributed by atoms with Gasteiger partial charge in [-0.25, -0.2) is 8.78 Å². The number of aliphatic carboxylic acids is 1. The van der Waals surface area contributed by atoms with E-state index in [0.29, 0.717) is 37.2 Å². The van der Waals surface area contributed by atoms with Crippen LogP contribution in [0.3, 0.4) is 0 Å². The first-order valence-electron chi connectivity index (χ1n) is 8.55. The summed E-state index contributed by atoms with van der Waals surface area (Å²) in [5.74, 6) is -1.94. The van der Waals surface area contributed by atoms with Crippen LogP contribution in [0.15, 0.2) is 42.5 Å². The highest BCUT2D eigenvalue weighted by atomic mass is 19.1. The van der Waals surface area contributed by atoms with Gasteiger partial charge in [0.2, 0.25) is 0 Å². The number of carbonyl (C=O) groups is 1. The summed E-state index contributed by atoms with van der Waals surface area (Å²) in [7, 11) is 1.56. The quantitative estimate of drug-likeness (QED) is 0.879. The molecule has 1 aliphatic rings. The molecule has 2 unspecified atom stereocenters. The van der Waals surface area contributed by atoms with Gasteiger partial charge in [-0.3, -0.25) is 9.69 Å². The van der Waals surface area contributed by atoms with Crippen LogP contribution < -0.4 is 4.74 Å². The number of halogens is 2. The predicted octanol–water partition coefficient (Wildman–Crippen LogP) is 3.86. The average Bonchev–Trinajstić information content (AvgIpc) is 2.64. The Bertz CT molecular complexity index is 779. The Kier molecular flexibility index (Phi) is 5.52. The summed E-state index contributed by atoms with van der Waals surface area (Å²) >= 11 is 0. The van der Waals surface area contributed by atoms with E-state index in [9.17, 15) is 18.7 Å². The van der Waals surface area contributed by atoms with E-state index in [4.69, 9.17) is 4.74 Å². The first-order valence-corrected chi connectivity index (χ1v) is 8.55. The Morgan fingerprint density at radius 3 is 2.58 bits per heavy atom. The predicted molar refractivity (Wildman–Crippen MR) is 93.1 cm³/mol. The molecule has 1 saturated heterocycles. The summed E-state index contributed by atoms with van der Waals surface area (Å²) in [6.07, 6.45) is 1.32. The number of nitrogens with zero attached hydrogens (tertiary/aromatic N) is 1. The molecule has 1 fully saturated rings. The molecule has 2 aromatic carbocycles. The minimum Gasteiger partial charge on any atom is -0.497 e. The highest BCUT2D eigenvalue weighted by molar-refractivity contribution is 5.70. The van der Waals surface area contributed by atoms with Gasteiger partial charge in [0.1, 0.15) is 17.4 Å². The number of carboxylic acid groups (broad SMARTS) is 1. The van der Waals surface area contributed by atoms with Crippen LogP contribution in [0.1, 0.15) is 30.0 Å². The molecule has 3 rings (SSSR count). The lowest BCUT2D eigenvalue weighted by atomic mass is 9.91. The standard InChI is InChI=1S/C20H21F2NO3/c1-26-16-7-4-13(5-8-16)19(17-9-6-15(21)11-18(17)22)23-10-2-3-14(12-23)20(24)25/h4-9,11,14,19H,2-3,10,12H2,1H3,(H,24,25). The minimum atomic E-state index is -0.845. The molecule has 0 radical (unpaired) electrons. The summed E-state index contributed by atoms with van der Waals surface area (Å²) < 4.78 is 33.1. The van der Waals surface area contributed by atoms with Crippen molar-refractivity contribution in [2.45, 2.75) is 18.9 Å². The molecular weight excluding hydrogens is 340 g/mol. The van der Waals surface area contributed by atoms with E-state index < -0.39 is 29.6 Å². The van der Waals surface area contributed by atoms with Gasteiger partial charge in [-0.15, -0.1) is 0 Å². The molecule has 0 aromatic heterocycles. The Labute approximate surface area is 151 Å². The number of piperidine rings is 1. The van der Waals surface area contributed by atoms with Gasteiger partial charge in [0.25, 0.3) is 0 Å². The van der Waals surface area contributed by atoms with E-state index >= 15 is 0 Å². The lowest BCUT2D eigenvalue weighted by molar-refractivity contribution is -0.143. The van der Waals surface area contributed by atoms with Crippen LogP contribution in [0, 0.1) is 17.6 Å². The second-order valence-electron chi connectivity index (χ2n) is 6.51. The van der Waals surface area contributed by atoms with Crippen LogP contribution in [0.4, 0.5) is 8.78 Å². The van der Waals surface area contributed by atoms with Gasteiger partial charge >= 0.3 is 5.97 Å². The largest absolute Gasteiger partial charge is 0.497 e. The van der Waals surface area contributed by atoms with Crippen LogP contribution >= 0.6 is 0 Å². The molecular formula is C20H21F2NO3. The lowest BCUT2D eigenvalue weighted by Crippen LogP contribution is -2.41. The zero-order valence-electron chi connectivity index (χ0n) is 14.5. The second kappa shape index (κ2) is 7.83. The fourth-order valence-corrected chi connectivity index (χ4v) is 3.54. The van der Waals surface area contributed by atoms with Crippen molar-refractivity contribution in [1.82, 2.24) is 4.90 Å². The zero-order valence-corrected chi connectivity index (χ0v) is 14.5. The Morgan fingerprint density at radius 2 is 1.96 bits per heavy atom. The van der Waals surface area contributed by atoms with Gasteiger partial charge in [0, 0.05) is 18.2 Å². The number of ether oxygens (including phenoxy) is 1. The Balaban J connectivity index is 2.01. The number of hydrogen-bond donors (Lipinski definition) is 1. The summed E-state index contributed by atoms with van der Waals surface area (Å²) in [6.45, 7) is 0.972. The molecule has 0 spiro atoms. The van der Waals surface area contributed by atoms with Gasteiger partial charge < -0.3 is 9.84 Å². The van der Waals surface area contributed by atoms with Crippen LogP contribution in [0.2, 0.25) is 0 Å². The van der Waals surface area contributed by atoms with Crippen molar-refractivity contribution in [1.29, 1.82) is 0 Å². The first kappa shape index (κ1) is 18.3. The SMILES string of the molecule is COc1ccc(C(c2ccc(F)cc2F)N2CCCC(C(=O)O)C2)cc1. The number of benzene rings is 2. The van der Waals surface area contributed by atoms with Crippen LogP contribution in [-0.4, -0.2) is 36.2 Å². The summed E-state index contributed by atoms with van der Waals surface area (Å²) in [5.41, 5.74) is 1.14. The highest BCUT2D eigenvalue weighted by Gasteiger charge is 2.32. The molecule has 1 heterocycles. The number of methoxy groups -OCH3 is 1. The summed E-state index contributed by atoms with van der Waals surface area (Å²) in [5, 5.41) is 9.37. The fraction of sp³-hybridized carbons (Fsp3) is 0.350. The summed E-state index contributed by atoms with van der Waals surface area (Å²) in [6, 6.07) is 10.3. The van der Waals surface area contributed by atoms with E-state index in [1.54, 1.807) is 19.2 Å². The van der Waals surface area contributed by atoms with E-state index in [2.05, 4.69) is 0 Å². The van der Waals surface area contributed by atoms with Gasteiger partial charge in [-0.1, -0.05) is 18.2 Å². The van der Waals surface area contributed by atoms with Gasteiger partial charge in [-0.05, 0) is 43.1 Å². The van der Waals surface area contributed by atoms with E-state index in [0.717, 1.165) is 11.6 Å². The van der Waals surface area contributed by atoms with Crippen molar-refractivity contribution in [3.8, 4) is 5.75 Å². The monoisotopic (exact) mass is 361 g/mol. The third-order valence-corrected chi connectivity index (χ3v) is 4.86. The van der Waals surface area contributed by atoms with Crippen molar-refractivity contribution in [3.63, 3.8) is 0 Å². The number of likely N-dealkylation sites (tertiary alicyclic amines) is 1. The van der Waals surface area contributed by atoms with Gasteiger partial charge in [0.05, 0.1) is 19.1 Å². The third kappa shape index (κ3) is 3.85. The maximum Gasteiger partial charge on any atom is 0.307 e. The lowest BCUT2D eigenvalue weighted by Gasteiger charge is -2.37. The number of rotatable bonds is 5. The number of hydrogen-bond acceptors (Lipinski definition) is 3. The average molecular weight is 361 g/mol. The molecule has 0 aliphatic carbocycles. The molecule has 1 aliphatic heterocycles. The second-order valence-corrected chi connectivity index (χ2v) is 6.51. The van der Waals surface area contributed by atoms with E-state index in [1.807, 2.05) is 17.0 Å². The molecule has 2 aromatic rings. The zero-order chi connectivity index (χ0) is 18.7. The fourth-order valence-electron chi connectivity index (χ4n) is 3.54. The molecule has 0 amide bonds. The molecule has 0 saturated carbocycles. The molecule has 2 atom stereocenters. The molecule has 6 heteroatoms. The van der Waals surface area contributed by atoms with Crippen molar-refractivity contribution in [2.24, 2.45) is 5.92 Å². The molecule has 26 heavy (non-hydrogen) atoms. The molecule has 0 bridgehead atoms. The van der Waals surface area contributed by atoms with E-state index in [-0.39, 0.29) is 0 Å². The van der Waals surface area contributed by atoms with Gasteiger partial charge in [0.15, 0.2) is 0 Å². The maximum atomic E-state index is 14.5. The summed E-state index contributed by atoms with van der Waals surface area (Å²) in [4.78, 5) is 13.4. The number of carboxylic acids is 1. The normalized spacial score (nSPS) is 19.1. The van der Waals surface area contributed by atoms with E-state index in [1.165, 1.54) is 12.1 Å². The molecule has 4 nitrogen and oxygen atoms in total. The smallest absolute Gasteiger partial charge is 0.307 e. The van der Waals surface area contributed by atoms with Crippen molar-refractivity contribution < 1.29 is 23.4 Å². The minimum absolute atomic E-state index is 0.322. The van der Waals surface area contributed by atoms with Crippen LogP contribution in [0.5, 0.6) is 5.75 Å². The van der Waals surface area contributed by atoms with Crippen molar-refractivity contribution in [2.75, 3.05) is 20.2 Å². The van der Waals surface area contributed by atoms with Crippen LogP contribution in [0.25, 0.3) is 0 Å². The van der Waals surface area contributed by atoms with Crippen molar-refractivity contribution in [3.05, 3.63) is 65.2 Å². The van der Waals surface area contributed by atoms with Gasteiger partial charge in [-0.2, -0.15) is 0 Å². The first-order chi connectivity index (χ1) is 12.5. The third-order valence-electron chi connectivity index (χ3n) is 4.86. The van der Waals surface area contributed by atoms with Crippen LogP contribution in [-0.2, 0) is 4.79 Å². The molecule has 1 N–H and O–H groups in total.